The summed E-state index contributed by atoms with van der Waals surface area (Å²) >= 11 is 0. The van der Waals surface area contributed by atoms with Gasteiger partial charge in [-0.05, 0) is 73.0 Å². The Morgan fingerprint density at radius 1 is 0.971 bits per heavy atom. The van der Waals surface area contributed by atoms with Crippen LogP contribution < -0.4 is 20.1 Å². The molecule has 0 aliphatic heterocycles. The van der Waals surface area contributed by atoms with Gasteiger partial charge in [-0.15, -0.1) is 0 Å². The largest absolute Gasteiger partial charge is 0.495 e. The molecule has 0 aliphatic rings. The zero-order chi connectivity index (χ0) is 24.5. The summed E-state index contributed by atoms with van der Waals surface area (Å²) in [5, 5.41) is 15.0. The van der Waals surface area contributed by atoms with Gasteiger partial charge in [0.1, 0.15) is 23.1 Å². The minimum absolute atomic E-state index is 0.0875. The lowest BCUT2D eigenvalue weighted by atomic mass is 10.1. The number of hydrogen-bond acceptors (Lipinski definition) is 5. The number of amides is 2. The second-order valence-electron chi connectivity index (χ2n) is 7.53. The summed E-state index contributed by atoms with van der Waals surface area (Å²) in [5.41, 5.74) is 3.89. The zero-order valence-corrected chi connectivity index (χ0v) is 19.2. The second-order valence-corrected chi connectivity index (χ2v) is 7.53. The van der Waals surface area contributed by atoms with E-state index in [1.54, 1.807) is 48.5 Å². The average molecular weight is 456 g/mol. The average Bonchev–Trinajstić information content (AvgIpc) is 2.84. The van der Waals surface area contributed by atoms with Gasteiger partial charge in [-0.25, -0.2) is 0 Å². The number of para-hydroxylation sites is 2. The summed E-state index contributed by atoms with van der Waals surface area (Å²) in [6, 6.07) is 21.3. The molecule has 3 aromatic rings. The van der Waals surface area contributed by atoms with Crippen LogP contribution in [0, 0.1) is 25.2 Å². The predicted molar refractivity (Wildman–Crippen MR) is 132 cm³/mol. The molecule has 0 saturated heterocycles. The smallest absolute Gasteiger partial charge is 0.266 e. The van der Waals surface area contributed by atoms with E-state index in [9.17, 15) is 14.9 Å². The minimum Gasteiger partial charge on any atom is -0.495 e. The number of nitriles is 1. The molecule has 0 heterocycles. The molecule has 34 heavy (non-hydrogen) atoms. The van der Waals surface area contributed by atoms with Gasteiger partial charge in [-0.1, -0.05) is 30.3 Å². The lowest BCUT2D eigenvalue weighted by Crippen LogP contribution is -2.20. The highest BCUT2D eigenvalue weighted by molar-refractivity contribution is 6.10. The molecule has 7 nitrogen and oxygen atoms in total. The van der Waals surface area contributed by atoms with E-state index in [0.29, 0.717) is 28.4 Å². The van der Waals surface area contributed by atoms with Crippen LogP contribution in [0.15, 0.2) is 72.3 Å². The number of nitrogens with one attached hydrogen (secondary N) is 2. The van der Waals surface area contributed by atoms with Gasteiger partial charge < -0.3 is 20.1 Å². The first-order chi connectivity index (χ1) is 16.4. The van der Waals surface area contributed by atoms with Gasteiger partial charge in [-0.2, -0.15) is 5.26 Å². The van der Waals surface area contributed by atoms with Crippen molar-refractivity contribution in [2.24, 2.45) is 0 Å². The van der Waals surface area contributed by atoms with Gasteiger partial charge in [0.05, 0.1) is 12.8 Å². The Morgan fingerprint density at radius 2 is 1.76 bits per heavy atom. The van der Waals surface area contributed by atoms with Crippen LogP contribution in [0.5, 0.6) is 11.5 Å². The Morgan fingerprint density at radius 3 is 2.50 bits per heavy atom. The number of nitrogens with zero attached hydrogens (tertiary/aromatic N) is 1. The van der Waals surface area contributed by atoms with Crippen molar-refractivity contribution in [3.05, 3.63) is 89.0 Å². The molecule has 3 aromatic carbocycles. The molecule has 2 amide bonds. The first kappa shape index (κ1) is 24.1. The molecular formula is C27H25N3O4. The fourth-order valence-corrected chi connectivity index (χ4v) is 3.11. The molecule has 172 valence electrons. The van der Waals surface area contributed by atoms with Crippen molar-refractivity contribution in [3.8, 4) is 17.6 Å². The zero-order valence-electron chi connectivity index (χ0n) is 19.2. The number of rotatable bonds is 8. The maximum absolute atomic E-state index is 12.6. The molecule has 7 heteroatoms. The topological polar surface area (TPSA) is 100 Å². The van der Waals surface area contributed by atoms with Gasteiger partial charge in [0, 0.05) is 5.69 Å². The third-order valence-corrected chi connectivity index (χ3v) is 5.05. The lowest BCUT2D eigenvalue weighted by Gasteiger charge is -2.10. The van der Waals surface area contributed by atoms with Crippen LogP contribution in [-0.2, 0) is 9.59 Å². The summed E-state index contributed by atoms with van der Waals surface area (Å²) in [6.07, 6.45) is 1.45. The van der Waals surface area contributed by atoms with Crippen molar-refractivity contribution in [2.45, 2.75) is 13.8 Å². The summed E-state index contributed by atoms with van der Waals surface area (Å²) in [5.74, 6) is 0.0678. The molecule has 3 rings (SSSR count). The lowest BCUT2D eigenvalue weighted by molar-refractivity contribution is -0.118. The number of benzene rings is 3. The van der Waals surface area contributed by atoms with E-state index >= 15 is 0 Å². The van der Waals surface area contributed by atoms with E-state index in [2.05, 4.69) is 10.6 Å². The van der Waals surface area contributed by atoms with E-state index < -0.39 is 5.91 Å². The van der Waals surface area contributed by atoms with E-state index in [1.807, 2.05) is 38.1 Å². The summed E-state index contributed by atoms with van der Waals surface area (Å²) in [4.78, 5) is 24.8. The number of methoxy groups -OCH3 is 1. The van der Waals surface area contributed by atoms with Gasteiger partial charge in [0.25, 0.3) is 11.8 Å². The molecule has 0 fully saturated rings. The Bertz CT molecular complexity index is 1270. The van der Waals surface area contributed by atoms with E-state index in [0.717, 1.165) is 11.1 Å². The number of aryl methyl sites for hydroxylation is 2. The Kier molecular flexibility index (Phi) is 8.03. The standard InChI is InChI=1S/C27H25N3O4/c1-18-11-12-22(13-19(18)2)29-26(31)17-34-23-8-6-7-20(15-23)14-21(16-28)27(32)30-24-9-4-5-10-25(24)33-3/h4-15H,17H2,1-3H3,(H,29,31)(H,30,32). The van der Waals surface area contributed by atoms with E-state index in [1.165, 1.54) is 13.2 Å². The molecule has 0 bridgehead atoms. The van der Waals surface area contributed by atoms with Gasteiger partial charge in [0.2, 0.25) is 0 Å². The van der Waals surface area contributed by atoms with Gasteiger partial charge in [-0.3, -0.25) is 9.59 Å². The highest BCUT2D eigenvalue weighted by Gasteiger charge is 2.12. The fourth-order valence-electron chi connectivity index (χ4n) is 3.11. The van der Waals surface area contributed by atoms with Crippen LogP contribution in [0.3, 0.4) is 0 Å². The summed E-state index contributed by atoms with van der Waals surface area (Å²) in [7, 11) is 1.50. The fraction of sp³-hybridized carbons (Fsp3) is 0.148. The van der Waals surface area contributed by atoms with Crippen molar-refractivity contribution in [2.75, 3.05) is 24.4 Å². The number of hydrogen-bond donors (Lipinski definition) is 2. The molecular weight excluding hydrogens is 430 g/mol. The van der Waals surface area contributed by atoms with Crippen LogP contribution in [0.25, 0.3) is 6.08 Å². The number of carbonyl (C=O) groups is 2. The van der Waals surface area contributed by atoms with E-state index in [-0.39, 0.29) is 18.1 Å². The van der Waals surface area contributed by atoms with Crippen molar-refractivity contribution in [3.63, 3.8) is 0 Å². The molecule has 0 radical (unpaired) electrons. The first-order valence-corrected chi connectivity index (χ1v) is 10.6. The molecule has 0 atom stereocenters. The minimum atomic E-state index is -0.564. The van der Waals surface area contributed by atoms with Crippen molar-refractivity contribution >= 4 is 29.3 Å². The van der Waals surface area contributed by atoms with Crippen molar-refractivity contribution in [1.82, 2.24) is 0 Å². The maximum atomic E-state index is 12.6. The molecule has 0 aromatic heterocycles. The Balaban J connectivity index is 1.65. The molecule has 0 unspecified atom stereocenters. The van der Waals surface area contributed by atoms with Crippen LogP contribution in [0.1, 0.15) is 16.7 Å². The normalized spacial score (nSPS) is 10.7. The van der Waals surface area contributed by atoms with Crippen molar-refractivity contribution < 1.29 is 19.1 Å². The number of anilines is 2. The highest BCUT2D eigenvalue weighted by atomic mass is 16.5. The number of carbonyl (C=O) groups excluding carboxylic acids is 2. The Hall–Kier alpha value is -4.57. The van der Waals surface area contributed by atoms with Crippen LogP contribution in [0.4, 0.5) is 11.4 Å². The van der Waals surface area contributed by atoms with Crippen LogP contribution in [0.2, 0.25) is 0 Å². The maximum Gasteiger partial charge on any atom is 0.266 e. The third-order valence-electron chi connectivity index (χ3n) is 5.05. The highest BCUT2D eigenvalue weighted by Crippen LogP contribution is 2.24. The molecule has 0 spiro atoms. The van der Waals surface area contributed by atoms with Gasteiger partial charge in [0.15, 0.2) is 6.61 Å². The van der Waals surface area contributed by atoms with Crippen molar-refractivity contribution in [1.29, 1.82) is 5.26 Å². The van der Waals surface area contributed by atoms with Gasteiger partial charge >= 0.3 is 0 Å². The SMILES string of the molecule is COc1ccccc1NC(=O)C(C#N)=Cc1cccc(OCC(=O)Nc2ccc(C)c(C)c2)c1. The molecule has 0 aliphatic carbocycles. The molecule has 2 N–H and O–H groups in total. The monoisotopic (exact) mass is 455 g/mol. The molecule has 0 saturated carbocycles. The predicted octanol–water partition coefficient (Wildman–Crippen LogP) is 4.88. The van der Waals surface area contributed by atoms with E-state index in [4.69, 9.17) is 9.47 Å². The Labute approximate surface area is 198 Å². The summed E-state index contributed by atoms with van der Waals surface area (Å²) in [6.45, 7) is 3.80. The van der Waals surface area contributed by atoms with Crippen LogP contribution in [-0.4, -0.2) is 25.5 Å². The van der Waals surface area contributed by atoms with Crippen LogP contribution >= 0.6 is 0 Å². The second kappa shape index (κ2) is 11.3. The third kappa shape index (κ3) is 6.47. The number of ether oxygens (including phenoxy) is 2. The quantitative estimate of drug-likeness (QED) is 0.373. The first-order valence-electron chi connectivity index (χ1n) is 10.6. The summed E-state index contributed by atoms with van der Waals surface area (Å²) < 4.78 is 10.8.